The molecular formula is C21H32N2O2. The van der Waals surface area contributed by atoms with Crippen LogP contribution < -0.4 is 0 Å². The molecule has 0 bridgehead atoms. The number of benzene rings is 1. The monoisotopic (exact) mass is 344 g/mol. The molecule has 3 rings (SSSR count). The predicted octanol–water partition coefficient (Wildman–Crippen LogP) is 3.01. The molecule has 1 amide bonds. The highest BCUT2D eigenvalue weighted by molar-refractivity contribution is 5.79. The number of rotatable bonds is 4. The third-order valence-corrected chi connectivity index (χ3v) is 5.41. The number of amides is 1. The van der Waals surface area contributed by atoms with Gasteiger partial charge in [0.25, 0.3) is 0 Å². The topological polar surface area (TPSA) is 32.8 Å². The Labute approximate surface area is 152 Å². The van der Waals surface area contributed by atoms with Crippen LogP contribution in [-0.2, 0) is 16.1 Å². The minimum Gasteiger partial charge on any atom is -0.379 e. The van der Waals surface area contributed by atoms with Gasteiger partial charge in [0.05, 0.1) is 13.2 Å². The van der Waals surface area contributed by atoms with Gasteiger partial charge in [0.2, 0.25) is 5.91 Å². The van der Waals surface area contributed by atoms with Gasteiger partial charge in [-0.05, 0) is 30.9 Å². The molecule has 0 saturated carbocycles. The first kappa shape index (κ1) is 18.4. The first-order valence-corrected chi connectivity index (χ1v) is 9.51. The molecule has 0 N–H and O–H groups in total. The van der Waals surface area contributed by atoms with Crippen molar-refractivity contribution in [3.8, 4) is 0 Å². The molecule has 1 aromatic rings. The number of carbonyl (C=O) groups is 1. The minimum absolute atomic E-state index is 0.0415. The molecule has 4 heteroatoms. The van der Waals surface area contributed by atoms with Crippen LogP contribution >= 0.6 is 0 Å². The Morgan fingerprint density at radius 2 is 2.04 bits per heavy atom. The van der Waals surface area contributed by atoms with Crippen LogP contribution in [0.5, 0.6) is 0 Å². The van der Waals surface area contributed by atoms with Crippen LogP contribution in [0.1, 0.15) is 37.0 Å². The lowest BCUT2D eigenvalue weighted by molar-refractivity contribution is -0.128. The average molecular weight is 344 g/mol. The molecule has 2 fully saturated rings. The highest BCUT2D eigenvalue weighted by Crippen LogP contribution is 2.35. The molecular weight excluding hydrogens is 312 g/mol. The Hall–Kier alpha value is -1.39. The van der Waals surface area contributed by atoms with E-state index in [0.29, 0.717) is 24.9 Å². The summed E-state index contributed by atoms with van der Waals surface area (Å²) in [5.41, 5.74) is 4.00. The van der Waals surface area contributed by atoms with Gasteiger partial charge in [-0.25, -0.2) is 0 Å². The van der Waals surface area contributed by atoms with Gasteiger partial charge in [0, 0.05) is 44.6 Å². The summed E-state index contributed by atoms with van der Waals surface area (Å²) in [6.07, 6.45) is 0.628. The maximum absolute atomic E-state index is 12.5. The molecule has 1 aromatic carbocycles. The van der Waals surface area contributed by atoms with Crippen molar-refractivity contribution >= 4 is 5.91 Å². The number of hydrogen-bond donors (Lipinski definition) is 0. The highest BCUT2D eigenvalue weighted by Gasteiger charge is 2.45. The summed E-state index contributed by atoms with van der Waals surface area (Å²) >= 11 is 0. The molecule has 2 heterocycles. The number of hydrogen-bond acceptors (Lipinski definition) is 3. The van der Waals surface area contributed by atoms with E-state index in [1.165, 1.54) is 16.7 Å². The highest BCUT2D eigenvalue weighted by atomic mass is 16.5. The molecule has 1 atom stereocenters. The van der Waals surface area contributed by atoms with Crippen LogP contribution in [0.3, 0.4) is 0 Å². The molecule has 25 heavy (non-hydrogen) atoms. The summed E-state index contributed by atoms with van der Waals surface area (Å²) in [5.74, 6) is 0.808. The summed E-state index contributed by atoms with van der Waals surface area (Å²) in [7, 11) is 0. The van der Waals surface area contributed by atoms with Crippen LogP contribution in [-0.4, -0.2) is 55.1 Å². The molecule has 4 nitrogen and oxygen atoms in total. The summed E-state index contributed by atoms with van der Waals surface area (Å²) in [4.78, 5) is 17.0. The molecule has 138 valence electrons. The van der Waals surface area contributed by atoms with Crippen molar-refractivity contribution < 1.29 is 9.53 Å². The lowest BCUT2D eigenvalue weighted by Crippen LogP contribution is -2.41. The maximum Gasteiger partial charge on any atom is 0.223 e. The number of likely N-dealkylation sites (tertiary alicyclic amines) is 1. The SMILES string of the molecule is Cc1ccc(C)c(CN2CCOCC3(CC(=O)N(CC(C)C)C3)C2)c1. The summed E-state index contributed by atoms with van der Waals surface area (Å²) in [5, 5.41) is 0. The van der Waals surface area contributed by atoms with Gasteiger partial charge in [-0.1, -0.05) is 37.6 Å². The van der Waals surface area contributed by atoms with E-state index in [1.54, 1.807) is 0 Å². The average Bonchev–Trinajstić information content (AvgIpc) is 2.70. The van der Waals surface area contributed by atoms with Crippen molar-refractivity contribution in [1.82, 2.24) is 9.80 Å². The van der Waals surface area contributed by atoms with Crippen LogP contribution in [0, 0.1) is 25.2 Å². The van der Waals surface area contributed by atoms with E-state index in [9.17, 15) is 4.79 Å². The first-order valence-electron chi connectivity index (χ1n) is 9.51. The minimum atomic E-state index is -0.0415. The molecule has 2 aliphatic rings. The zero-order chi connectivity index (χ0) is 18.0. The molecule has 1 unspecified atom stereocenters. The Kier molecular flexibility index (Phi) is 5.49. The largest absolute Gasteiger partial charge is 0.379 e. The number of ether oxygens (including phenoxy) is 1. The van der Waals surface area contributed by atoms with Crippen LogP contribution in [0.2, 0.25) is 0 Å². The molecule has 0 aliphatic carbocycles. The Morgan fingerprint density at radius 1 is 1.24 bits per heavy atom. The van der Waals surface area contributed by atoms with Crippen molar-refractivity contribution in [2.45, 2.75) is 40.7 Å². The Balaban J connectivity index is 1.73. The first-order chi connectivity index (χ1) is 11.9. The summed E-state index contributed by atoms with van der Waals surface area (Å²) in [6.45, 7) is 14.7. The molecule has 0 radical (unpaired) electrons. The molecule has 2 saturated heterocycles. The van der Waals surface area contributed by atoms with Gasteiger partial charge in [-0.3, -0.25) is 9.69 Å². The van der Waals surface area contributed by atoms with E-state index in [4.69, 9.17) is 4.74 Å². The lowest BCUT2D eigenvalue weighted by atomic mass is 9.87. The van der Waals surface area contributed by atoms with Crippen LogP contribution in [0.25, 0.3) is 0 Å². The third-order valence-electron chi connectivity index (χ3n) is 5.41. The van der Waals surface area contributed by atoms with Crippen molar-refractivity contribution in [2.24, 2.45) is 11.3 Å². The summed E-state index contributed by atoms with van der Waals surface area (Å²) in [6, 6.07) is 6.67. The van der Waals surface area contributed by atoms with Gasteiger partial charge >= 0.3 is 0 Å². The zero-order valence-electron chi connectivity index (χ0n) is 16.2. The van der Waals surface area contributed by atoms with E-state index in [2.05, 4.69) is 55.7 Å². The lowest BCUT2D eigenvalue weighted by Gasteiger charge is -2.32. The molecule has 1 spiro atoms. The number of carbonyl (C=O) groups excluding carboxylic acids is 1. The zero-order valence-corrected chi connectivity index (χ0v) is 16.2. The van der Waals surface area contributed by atoms with Crippen molar-refractivity contribution in [3.05, 3.63) is 34.9 Å². The van der Waals surface area contributed by atoms with Crippen LogP contribution in [0.4, 0.5) is 0 Å². The Bertz CT molecular complexity index is 628. The van der Waals surface area contributed by atoms with Crippen molar-refractivity contribution in [1.29, 1.82) is 0 Å². The van der Waals surface area contributed by atoms with Crippen molar-refractivity contribution in [3.63, 3.8) is 0 Å². The second kappa shape index (κ2) is 7.46. The number of aryl methyl sites for hydroxylation is 2. The second-order valence-electron chi connectivity index (χ2n) is 8.54. The van der Waals surface area contributed by atoms with E-state index in [1.807, 2.05) is 0 Å². The van der Waals surface area contributed by atoms with Gasteiger partial charge in [-0.2, -0.15) is 0 Å². The summed E-state index contributed by atoms with van der Waals surface area (Å²) < 4.78 is 5.94. The fraction of sp³-hybridized carbons (Fsp3) is 0.667. The van der Waals surface area contributed by atoms with E-state index < -0.39 is 0 Å². The fourth-order valence-electron chi connectivity index (χ4n) is 4.22. The van der Waals surface area contributed by atoms with E-state index in [-0.39, 0.29) is 5.41 Å². The van der Waals surface area contributed by atoms with Gasteiger partial charge in [-0.15, -0.1) is 0 Å². The van der Waals surface area contributed by atoms with Gasteiger partial charge in [0.1, 0.15) is 0 Å². The van der Waals surface area contributed by atoms with E-state index >= 15 is 0 Å². The van der Waals surface area contributed by atoms with Crippen LogP contribution in [0.15, 0.2) is 18.2 Å². The standard InChI is InChI=1S/C21H32N2O2/c1-16(2)11-23-14-21(10-20(23)24)13-22(7-8-25-15-21)12-19-9-17(3)5-6-18(19)4/h5-6,9,16H,7-8,10-15H2,1-4H3. The second-order valence-corrected chi connectivity index (χ2v) is 8.54. The predicted molar refractivity (Wildman–Crippen MR) is 100 cm³/mol. The quantitative estimate of drug-likeness (QED) is 0.842. The van der Waals surface area contributed by atoms with E-state index in [0.717, 1.165) is 39.3 Å². The normalized spacial score (nSPS) is 25.2. The smallest absolute Gasteiger partial charge is 0.223 e. The van der Waals surface area contributed by atoms with Gasteiger partial charge in [0.15, 0.2) is 0 Å². The third kappa shape index (κ3) is 4.42. The Morgan fingerprint density at radius 3 is 2.80 bits per heavy atom. The maximum atomic E-state index is 12.5. The fourth-order valence-corrected chi connectivity index (χ4v) is 4.22. The van der Waals surface area contributed by atoms with Crippen molar-refractivity contribution in [2.75, 3.05) is 39.4 Å². The number of nitrogens with zero attached hydrogens (tertiary/aromatic N) is 2. The van der Waals surface area contributed by atoms with Gasteiger partial charge < -0.3 is 9.64 Å². The molecule has 2 aliphatic heterocycles. The molecule has 0 aromatic heterocycles.